The summed E-state index contributed by atoms with van der Waals surface area (Å²) in [4.78, 5) is 8.31. The van der Waals surface area contributed by atoms with E-state index in [1.165, 1.54) is 0 Å². The van der Waals surface area contributed by atoms with Gasteiger partial charge >= 0.3 is 0 Å². The lowest BCUT2D eigenvalue weighted by atomic mass is 10.5. The molecule has 0 saturated carbocycles. The van der Waals surface area contributed by atoms with Gasteiger partial charge in [-0.3, -0.25) is 0 Å². The highest BCUT2D eigenvalue weighted by atomic mass is 127. The van der Waals surface area contributed by atoms with Crippen molar-refractivity contribution in [2.24, 2.45) is 0 Å². The zero-order valence-electron chi connectivity index (χ0n) is 6.75. The molecule has 0 unspecified atom stereocenters. The zero-order valence-corrected chi connectivity index (χ0v) is 9.72. The first-order chi connectivity index (χ1) is 5.74. The molecule has 0 aliphatic rings. The van der Waals surface area contributed by atoms with Crippen LogP contribution in [0.1, 0.15) is 12.7 Å². The molecule has 1 aromatic rings. The number of anilines is 1. The Balaban J connectivity index is 2.69. The van der Waals surface area contributed by atoms with Crippen molar-refractivity contribution in [3.8, 4) is 0 Å². The van der Waals surface area contributed by atoms with Crippen LogP contribution in [0, 0.1) is 3.57 Å². The van der Waals surface area contributed by atoms with E-state index in [1.807, 2.05) is 0 Å². The Morgan fingerprint density at radius 3 is 3.00 bits per heavy atom. The normalized spacial score (nSPS) is 10.2. The third kappa shape index (κ3) is 2.78. The van der Waals surface area contributed by atoms with Crippen molar-refractivity contribution in [2.45, 2.75) is 12.7 Å². The minimum atomic E-state index is 0.581. The monoisotopic (exact) mass is 295 g/mol. The van der Waals surface area contributed by atoms with Gasteiger partial charge in [0.05, 0.1) is 9.32 Å². The van der Waals surface area contributed by atoms with E-state index in [9.17, 15) is 0 Å². The van der Waals surface area contributed by atoms with E-state index in [2.05, 4.69) is 39.5 Å². The molecule has 0 atom stereocenters. The van der Waals surface area contributed by atoms with Crippen LogP contribution < -0.4 is 5.73 Å². The molecule has 5 heteroatoms. The third-order valence-electron chi connectivity index (χ3n) is 1.26. The highest BCUT2D eigenvalue weighted by Crippen LogP contribution is 2.13. The van der Waals surface area contributed by atoms with E-state index >= 15 is 0 Å². The molecule has 0 bridgehead atoms. The van der Waals surface area contributed by atoms with Gasteiger partial charge in [-0.1, -0.05) is 6.92 Å². The Morgan fingerprint density at radius 2 is 2.42 bits per heavy atom. The molecule has 3 nitrogen and oxygen atoms in total. The molecule has 0 saturated heterocycles. The van der Waals surface area contributed by atoms with Crippen molar-refractivity contribution in [3.63, 3.8) is 0 Å². The Labute approximate surface area is 89.7 Å². The maximum absolute atomic E-state index is 5.62. The maximum atomic E-state index is 5.62. The zero-order chi connectivity index (χ0) is 8.97. The molecule has 0 radical (unpaired) electrons. The van der Waals surface area contributed by atoms with Gasteiger partial charge in [0, 0.05) is 6.20 Å². The number of hydrogen-bond donors (Lipinski definition) is 1. The smallest absolute Gasteiger partial charge is 0.140 e. The predicted molar refractivity (Wildman–Crippen MR) is 61.0 cm³/mol. The van der Waals surface area contributed by atoms with Crippen LogP contribution in [0.5, 0.6) is 0 Å². The van der Waals surface area contributed by atoms with Crippen LogP contribution in [0.2, 0.25) is 0 Å². The lowest BCUT2D eigenvalue weighted by Crippen LogP contribution is -2.00. The molecular weight excluding hydrogens is 285 g/mol. The molecule has 0 aromatic carbocycles. The van der Waals surface area contributed by atoms with Gasteiger partial charge in [0.1, 0.15) is 11.6 Å². The number of nitrogens with two attached hydrogens (primary N) is 1. The lowest BCUT2D eigenvalue weighted by molar-refractivity contribution is 1.03. The van der Waals surface area contributed by atoms with Gasteiger partial charge in [0.25, 0.3) is 0 Å². The molecule has 1 heterocycles. The molecule has 0 aliphatic carbocycles. The van der Waals surface area contributed by atoms with Crippen LogP contribution in [-0.2, 0) is 5.75 Å². The van der Waals surface area contributed by atoms with E-state index in [0.717, 1.165) is 20.9 Å². The van der Waals surface area contributed by atoms with E-state index in [4.69, 9.17) is 5.73 Å². The number of hydrogen-bond acceptors (Lipinski definition) is 4. The molecule has 0 fully saturated rings. The molecule has 2 N–H and O–H groups in total. The van der Waals surface area contributed by atoms with Gasteiger partial charge in [0.2, 0.25) is 0 Å². The molecule has 1 aromatic heterocycles. The predicted octanol–water partition coefficient (Wildman–Crippen LogP) is 1.92. The standard InChI is InChI=1S/C7H10IN3S/c1-2-12-4-6-10-3-5(8)7(9)11-6/h3H,2,4H2,1H3,(H2,9,10,11). The Kier molecular flexibility index (Phi) is 4.07. The number of thioether (sulfide) groups is 1. The summed E-state index contributed by atoms with van der Waals surface area (Å²) >= 11 is 3.91. The fourth-order valence-electron chi connectivity index (χ4n) is 0.682. The molecule has 0 spiro atoms. The largest absolute Gasteiger partial charge is 0.383 e. The molecule has 1 rings (SSSR count). The van der Waals surface area contributed by atoms with E-state index in [0.29, 0.717) is 5.82 Å². The summed E-state index contributed by atoms with van der Waals surface area (Å²) in [7, 11) is 0. The molecule has 0 amide bonds. The van der Waals surface area contributed by atoms with Gasteiger partial charge < -0.3 is 5.73 Å². The summed E-state index contributed by atoms with van der Waals surface area (Å²) in [5.74, 6) is 3.32. The summed E-state index contributed by atoms with van der Waals surface area (Å²) in [6.07, 6.45) is 1.76. The second kappa shape index (κ2) is 4.86. The quantitative estimate of drug-likeness (QED) is 0.866. The first-order valence-corrected chi connectivity index (χ1v) is 5.82. The van der Waals surface area contributed by atoms with Gasteiger partial charge in [-0.2, -0.15) is 11.8 Å². The van der Waals surface area contributed by atoms with E-state index < -0.39 is 0 Å². The van der Waals surface area contributed by atoms with Gasteiger partial charge in [-0.15, -0.1) is 0 Å². The third-order valence-corrected chi connectivity index (χ3v) is 2.96. The summed E-state index contributed by atoms with van der Waals surface area (Å²) in [6, 6.07) is 0. The fraction of sp³-hybridized carbons (Fsp3) is 0.429. The van der Waals surface area contributed by atoms with E-state index in [-0.39, 0.29) is 0 Å². The van der Waals surface area contributed by atoms with Crippen LogP contribution in [0.4, 0.5) is 5.82 Å². The van der Waals surface area contributed by atoms with Gasteiger partial charge in [-0.05, 0) is 28.3 Å². The highest BCUT2D eigenvalue weighted by Gasteiger charge is 2.00. The minimum absolute atomic E-state index is 0.581. The Hall–Kier alpha value is -0.0400. The number of halogens is 1. The molecule has 12 heavy (non-hydrogen) atoms. The van der Waals surface area contributed by atoms with Crippen LogP contribution in [0.15, 0.2) is 6.20 Å². The first kappa shape index (κ1) is 10.0. The molecule has 0 aliphatic heterocycles. The van der Waals surface area contributed by atoms with Crippen molar-refractivity contribution >= 4 is 40.2 Å². The van der Waals surface area contributed by atoms with Crippen LogP contribution in [0.25, 0.3) is 0 Å². The van der Waals surface area contributed by atoms with Crippen molar-refractivity contribution in [1.82, 2.24) is 9.97 Å². The highest BCUT2D eigenvalue weighted by molar-refractivity contribution is 14.1. The Morgan fingerprint density at radius 1 is 1.67 bits per heavy atom. The average molecular weight is 295 g/mol. The SMILES string of the molecule is CCSCc1ncc(I)c(N)n1. The van der Waals surface area contributed by atoms with Crippen molar-refractivity contribution in [1.29, 1.82) is 0 Å². The number of aromatic nitrogens is 2. The van der Waals surface area contributed by atoms with Crippen molar-refractivity contribution in [3.05, 3.63) is 15.6 Å². The van der Waals surface area contributed by atoms with Crippen LogP contribution >= 0.6 is 34.4 Å². The van der Waals surface area contributed by atoms with Crippen LogP contribution in [0.3, 0.4) is 0 Å². The maximum Gasteiger partial charge on any atom is 0.140 e. The average Bonchev–Trinajstić information content (AvgIpc) is 2.07. The lowest BCUT2D eigenvalue weighted by Gasteiger charge is -2.00. The summed E-state index contributed by atoms with van der Waals surface area (Å²) in [5.41, 5.74) is 5.62. The van der Waals surface area contributed by atoms with Crippen LogP contribution in [-0.4, -0.2) is 15.7 Å². The topological polar surface area (TPSA) is 51.8 Å². The molecular formula is C7H10IN3S. The van der Waals surface area contributed by atoms with Crippen molar-refractivity contribution < 1.29 is 0 Å². The molecule has 66 valence electrons. The number of rotatable bonds is 3. The second-order valence-corrected chi connectivity index (χ2v) is 4.59. The number of nitrogens with zero attached hydrogens (tertiary/aromatic N) is 2. The summed E-state index contributed by atoms with van der Waals surface area (Å²) in [5, 5.41) is 0. The summed E-state index contributed by atoms with van der Waals surface area (Å²) < 4.78 is 0.915. The first-order valence-electron chi connectivity index (χ1n) is 3.58. The van der Waals surface area contributed by atoms with Gasteiger partial charge in [-0.25, -0.2) is 9.97 Å². The second-order valence-electron chi connectivity index (χ2n) is 2.16. The van der Waals surface area contributed by atoms with Crippen molar-refractivity contribution in [2.75, 3.05) is 11.5 Å². The fourth-order valence-corrected chi connectivity index (χ4v) is 1.47. The Bertz CT molecular complexity index is 267. The van der Waals surface area contributed by atoms with Gasteiger partial charge in [0.15, 0.2) is 0 Å². The minimum Gasteiger partial charge on any atom is -0.383 e. The van der Waals surface area contributed by atoms with E-state index in [1.54, 1.807) is 18.0 Å². The summed E-state index contributed by atoms with van der Waals surface area (Å²) in [6.45, 7) is 2.11. The number of nitrogen functional groups attached to an aromatic ring is 1.